The van der Waals surface area contributed by atoms with Gasteiger partial charge in [0.25, 0.3) is 5.91 Å². The maximum atomic E-state index is 12.6. The van der Waals surface area contributed by atoms with Crippen LogP contribution in [0.2, 0.25) is 5.02 Å². The summed E-state index contributed by atoms with van der Waals surface area (Å²) in [6, 6.07) is 12.9. The Morgan fingerprint density at radius 3 is 2.70 bits per heavy atom. The quantitative estimate of drug-likeness (QED) is 0.704. The van der Waals surface area contributed by atoms with Gasteiger partial charge in [-0.2, -0.15) is 0 Å². The minimum absolute atomic E-state index is 0.160. The summed E-state index contributed by atoms with van der Waals surface area (Å²) in [7, 11) is 0. The van der Waals surface area contributed by atoms with Crippen LogP contribution in [-0.4, -0.2) is 20.7 Å². The van der Waals surface area contributed by atoms with E-state index in [1.165, 1.54) is 6.42 Å². The molecule has 138 valence electrons. The lowest BCUT2D eigenvalue weighted by atomic mass is 10.1. The highest BCUT2D eigenvalue weighted by Crippen LogP contribution is 2.27. The molecule has 4 rings (SSSR count). The van der Waals surface area contributed by atoms with Gasteiger partial charge in [-0.1, -0.05) is 30.2 Å². The lowest BCUT2D eigenvalue weighted by Gasteiger charge is -2.12. The Kier molecular flexibility index (Phi) is 4.94. The molecule has 0 bridgehead atoms. The Hall–Kier alpha value is -2.66. The fraction of sp³-hybridized carbons (Fsp3) is 0.286. The van der Waals surface area contributed by atoms with Crippen molar-refractivity contribution in [3.05, 3.63) is 64.4 Å². The predicted octanol–water partition coefficient (Wildman–Crippen LogP) is 4.89. The summed E-state index contributed by atoms with van der Waals surface area (Å²) in [5.74, 6) is 1.76. The second kappa shape index (κ2) is 7.53. The number of aryl methyl sites for hydroxylation is 2. The number of halogens is 1. The van der Waals surface area contributed by atoms with Gasteiger partial charge in [-0.25, -0.2) is 0 Å². The summed E-state index contributed by atoms with van der Waals surface area (Å²) in [5, 5.41) is 12.4. The van der Waals surface area contributed by atoms with Crippen molar-refractivity contribution in [2.75, 3.05) is 5.32 Å². The third kappa shape index (κ3) is 3.74. The standard InChI is InChI=1S/C21H21ClN4O/c1-14-6-7-16(20-25-24-19-5-3-2-4-12-26(19)20)13-18(14)23-21(27)15-8-10-17(22)11-9-15/h6-11,13H,2-5,12H2,1H3,(H,23,27). The molecule has 0 saturated heterocycles. The molecule has 27 heavy (non-hydrogen) atoms. The molecule has 0 aliphatic carbocycles. The van der Waals surface area contributed by atoms with Gasteiger partial charge in [0.05, 0.1) is 0 Å². The molecule has 3 aromatic rings. The molecule has 1 aliphatic heterocycles. The van der Waals surface area contributed by atoms with Crippen LogP contribution in [0.1, 0.15) is 41.0 Å². The van der Waals surface area contributed by atoms with Gasteiger partial charge in [0.2, 0.25) is 0 Å². The van der Waals surface area contributed by atoms with Gasteiger partial charge < -0.3 is 9.88 Å². The van der Waals surface area contributed by atoms with Crippen molar-refractivity contribution in [1.29, 1.82) is 0 Å². The van der Waals surface area contributed by atoms with Crippen LogP contribution in [0.25, 0.3) is 11.4 Å². The van der Waals surface area contributed by atoms with Crippen LogP contribution in [0.4, 0.5) is 5.69 Å². The zero-order valence-electron chi connectivity index (χ0n) is 15.2. The van der Waals surface area contributed by atoms with Gasteiger partial charge in [0.15, 0.2) is 5.82 Å². The zero-order valence-corrected chi connectivity index (χ0v) is 16.0. The van der Waals surface area contributed by atoms with Crippen LogP contribution in [0.5, 0.6) is 0 Å². The van der Waals surface area contributed by atoms with Crippen molar-refractivity contribution in [3.63, 3.8) is 0 Å². The van der Waals surface area contributed by atoms with E-state index in [4.69, 9.17) is 11.6 Å². The van der Waals surface area contributed by atoms with Crippen molar-refractivity contribution in [2.24, 2.45) is 0 Å². The molecule has 0 atom stereocenters. The number of carbonyl (C=O) groups excluding carboxylic acids is 1. The van der Waals surface area contributed by atoms with Crippen LogP contribution in [0.15, 0.2) is 42.5 Å². The number of hydrogen-bond donors (Lipinski definition) is 1. The number of fused-ring (bicyclic) bond motifs is 1. The Bertz CT molecular complexity index is 978. The van der Waals surface area contributed by atoms with Crippen molar-refractivity contribution < 1.29 is 4.79 Å². The topological polar surface area (TPSA) is 59.8 Å². The molecule has 0 spiro atoms. The molecule has 1 aliphatic rings. The summed E-state index contributed by atoms with van der Waals surface area (Å²) in [4.78, 5) is 12.6. The van der Waals surface area contributed by atoms with Crippen molar-refractivity contribution >= 4 is 23.2 Å². The van der Waals surface area contributed by atoms with Crippen LogP contribution in [0.3, 0.4) is 0 Å². The molecule has 6 heteroatoms. The van der Waals surface area contributed by atoms with Crippen molar-refractivity contribution in [1.82, 2.24) is 14.8 Å². The molecule has 1 N–H and O–H groups in total. The average Bonchev–Trinajstić information content (AvgIpc) is 2.92. The largest absolute Gasteiger partial charge is 0.322 e. The SMILES string of the molecule is Cc1ccc(-c2nnc3n2CCCCC3)cc1NC(=O)c1ccc(Cl)cc1. The highest BCUT2D eigenvalue weighted by atomic mass is 35.5. The number of amides is 1. The summed E-state index contributed by atoms with van der Waals surface area (Å²) in [6.45, 7) is 2.92. The number of benzene rings is 2. The summed E-state index contributed by atoms with van der Waals surface area (Å²) in [5.41, 5.74) is 3.31. The Morgan fingerprint density at radius 2 is 1.89 bits per heavy atom. The van der Waals surface area contributed by atoms with E-state index in [1.807, 2.05) is 25.1 Å². The lowest BCUT2D eigenvalue weighted by molar-refractivity contribution is 0.102. The molecule has 1 aromatic heterocycles. The van der Waals surface area contributed by atoms with Crippen LogP contribution < -0.4 is 5.32 Å². The van der Waals surface area contributed by atoms with Crippen LogP contribution in [-0.2, 0) is 13.0 Å². The number of rotatable bonds is 3. The normalized spacial score (nSPS) is 13.7. The maximum Gasteiger partial charge on any atom is 0.255 e. The fourth-order valence-electron chi connectivity index (χ4n) is 3.39. The summed E-state index contributed by atoms with van der Waals surface area (Å²) >= 11 is 5.90. The highest BCUT2D eigenvalue weighted by Gasteiger charge is 2.17. The first kappa shape index (κ1) is 17.7. The minimum atomic E-state index is -0.160. The van der Waals surface area contributed by atoms with Gasteiger partial charge in [0.1, 0.15) is 5.82 Å². The van der Waals surface area contributed by atoms with E-state index in [9.17, 15) is 4.79 Å². The Labute approximate surface area is 163 Å². The number of hydrogen-bond acceptors (Lipinski definition) is 3. The number of nitrogens with one attached hydrogen (secondary N) is 1. The third-order valence-corrected chi connectivity index (χ3v) is 5.21. The molecule has 5 nitrogen and oxygen atoms in total. The molecular formula is C21H21ClN4O. The second-order valence-corrected chi connectivity index (χ2v) is 7.33. The van der Waals surface area contributed by atoms with Gasteiger partial charge in [-0.15, -0.1) is 10.2 Å². The molecule has 1 amide bonds. The third-order valence-electron chi connectivity index (χ3n) is 4.96. The molecule has 0 fully saturated rings. The number of nitrogens with zero attached hydrogens (tertiary/aromatic N) is 3. The van der Waals surface area contributed by atoms with E-state index < -0.39 is 0 Å². The van der Waals surface area contributed by atoms with Gasteiger partial charge >= 0.3 is 0 Å². The average molecular weight is 381 g/mol. The second-order valence-electron chi connectivity index (χ2n) is 6.89. The van der Waals surface area contributed by atoms with E-state index in [2.05, 4.69) is 20.1 Å². The van der Waals surface area contributed by atoms with E-state index in [0.29, 0.717) is 10.6 Å². The number of aromatic nitrogens is 3. The molecule has 0 radical (unpaired) electrons. The first-order chi connectivity index (χ1) is 13.1. The smallest absolute Gasteiger partial charge is 0.255 e. The maximum absolute atomic E-state index is 12.6. The molecule has 2 aromatic carbocycles. The fourth-order valence-corrected chi connectivity index (χ4v) is 3.52. The van der Waals surface area contributed by atoms with Gasteiger partial charge in [-0.05, 0) is 55.7 Å². The monoisotopic (exact) mass is 380 g/mol. The van der Waals surface area contributed by atoms with E-state index in [-0.39, 0.29) is 5.91 Å². The number of anilines is 1. The molecule has 0 unspecified atom stereocenters. The lowest BCUT2D eigenvalue weighted by Crippen LogP contribution is -2.13. The first-order valence-electron chi connectivity index (χ1n) is 9.22. The van der Waals surface area contributed by atoms with E-state index in [0.717, 1.165) is 54.3 Å². The molecular weight excluding hydrogens is 360 g/mol. The summed E-state index contributed by atoms with van der Waals surface area (Å²) in [6.07, 6.45) is 4.50. The van der Waals surface area contributed by atoms with Crippen LogP contribution in [0, 0.1) is 6.92 Å². The number of carbonyl (C=O) groups is 1. The Balaban J connectivity index is 1.63. The van der Waals surface area contributed by atoms with Crippen molar-refractivity contribution in [3.8, 4) is 11.4 Å². The van der Waals surface area contributed by atoms with Gasteiger partial charge in [-0.3, -0.25) is 4.79 Å². The molecule has 2 heterocycles. The zero-order chi connectivity index (χ0) is 18.8. The van der Waals surface area contributed by atoms with Crippen molar-refractivity contribution in [2.45, 2.75) is 39.2 Å². The summed E-state index contributed by atoms with van der Waals surface area (Å²) < 4.78 is 2.21. The van der Waals surface area contributed by atoms with Gasteiger partial charge in [0, 0.05) is 34.8 Å². The first-order valence-corrected chi connectivity index (χ1v) is 9.59. The van der Waals surface area contributed by atoms with E-state index in [1.54, 1.807) is 24.3 Å². The predicted molar refractivity (Wildman–Crippen MR) is 107 cm³/mol. The highest BCUT2D eigenvalue weighted by molar-refractivity contribution is 6.30. The van der Waals surface area contributed by atoms with Crippen LogP contribution >= 0.6 is 11.6 Å². The Morgan fingerprint density at radius 1 is 1.07 bits per heavy atom. The minimum Gasteiger partial charge on any atom is -0.322 e. The van der Waals surface area contributed by atoms with E-state index >= 15 is 0 Å². The molecule has 0 saturated carbocycles.